The van der Waals surface area contributed by atoms with Crippen LogP contribution in [-0.2, 0) is 10.0 Å². The highest BCUT2D eigenvalue weighted by Gasteiger charge is 2.16. The molecule has 94 valence electrons. The van der Waals surface area contributed by atoms with Gasteiger partial charge in [0.25, 0.3) is 10.0 Å². The second-order valence-corrected chi connectivity index (χ2v) is 5.30. The fraction of sp³-hybridized carbons (Fsp3) is 0.0909. The molecule has 0 saturated heterocycles. The van der Waals surface area contributed by atoms with Crippen molar-refractivity contribution in [2.45, 2.75) is 11.8 Å². The molecule has 18 heavy (non-hydrogen) atoms. The van der Waals surface area contributed by atoms with Crippen molar-refractivity contribution in [2.75, 3.05) is 4.72 Å². The van der Waals surface area contributed by atoms with Gasteiger partial charge in [-0.05, 0) is 31.2 Å². The molecular formula is C11H11N3O3S. The Morgan fingerprint density at radius 3 is 2.72 bits per heavy atom. The van der Waals surface area contributed by atoms with E-state index in [0.717, 1.165) is 0 Å². The SMILES string of the molecule is Cc1ccc(O)c(NS(=O)(=O)c2cccnc2)n1. The molecule has 7 heteroatoms. The van der Waals surface area contributed by atoms with E-state index in [1.807, 2.05) is 0 Å². The molecule has 0 bridgehead atoms. The van der Waals surface area contributed by atoms with Gasteiger partial charge in [-0.15, -0.1) is 0 Å². The van der Waals surface area contributed by atoms with E-state index in [2.05, 4.69) is 14.7 Å². The molecule has 0 saturated carbocycles. The first-order valence-corrected chi connectivity index (χ1v) is 6.57. The minimum atomic E-state index is -3.79. The van der Waals surface area contributed by atoms with Gasteiger partial charge in [0.2, 0.25) is 0 Å². The van der Waals surface area contributed by atoms with Crippen molar-refractivity contribution in [3.8, 4) is 5.75 Å². The van der Waals surface area contributed by atoms with Crippen molar-refractivity contribution in [2.24, 2.45) is 0 Å². The van der Waals surface area contributed by atoms with Crippen LogP contribution in [0.5, 0.6) is 5.75 Å². The summed E-state index contributed by atoms with van der Waals surface area (Å²) >= 11 is 0. The molecule has 2 heterocycles. The van der Waals surface area contributed by atoms with Crippen molar-refractivity contribution >= 4 is 15.8 Å². The zero-order valence-electron chi connectivity index (χ0n) is 9.53. The number of nitrogens with one attached hydrogen (secondary N) is 1. The van der Waals surface area contributed by atoms with Gasteiger partial charge < -0.3 is 5.11 Å². The monoisotopic (exact) mass is 265 g/mol. The highest BCUT2D eigenvalue weighted by molar-refractivity contribution is 7.92. The van der Waals surface area contributed by atoms with Crippen molar-refractivity contribution < 1.29 is 13.5 Å². The van der Waals surface area contributed by atoms with Crippen molar-refractivity contribution in [3.63, 3.8) is 0 Å². The molecule has 0 unspecified atom stereocenters. The lowest BCUT2D eigenvalue weighted by molar-refractivity contribution is 0.475. The summed E-state index contributed by atoms with van der Waals surface area (Å²) in [6.45, 7) is 1.70. The van der Waals surface area contributed by atoms with E-state index >= 15 is 0 Å². The Bertz CT molecular complexity index is 656. The molecule has 0 atom stereocenters. The molecule has 6 nitrogen and oxygen atoms in total. The summed E-state index contributed by atoms with van der Waals surface area (Å²) in [6, 6.07) is 5.88. The molecule has 0 radical (unpaired) electrons. The Hall–Kier alpha value is -2.15. The van der Waals surface area contributed by atoms with Gasteiger partial charge >= 0.3 is 0 Å². The van der Waals surface area contributed by atoms with E-state index < -0.39 is 10.0 Å². The van der Waals surface area contributed by atoms with Gasteiger partial charge in [-0.2, -0.15) is 0 Å². The van der Waals surface area contributed by atoms with Crippen LogP contribution in [0.3, 0.4) is 0 Å². The van der Waals surface area contributed by atoms with Crippen LogP contribution in [0.2, 0.25) is 0 Å². The largest absolute Gasteiger partial charge is 0.504 e. The number of nitrogens with zero attached hydrogens (tertiary/aromatic N) is 2. The quantitative estimate of drug-likeness (QED) is 0.872. The number of hydrogen-bond acceptors (Lipinski definition) is 5. The fourth-order valence-electron chi connectivity index (χ4n) is 1.32. The van der Waals surface area contributed by atoms with Crippen LogP contribution in [0.1, 0.15) is 5.69 Å². The summed E-state index contributed by atoms with van der Waals surface area (Å²) < 4.78 is 26.1. The summed E-state index contributed by atoms with van der Waals surface area (Å²) in [4.78, 5) is 7.66. The lowest BCUT2D eigenvalue weighted by Gasteiger charge is -2.08. The van der Waals surface area contributed by atoms with Crippen LogP contribution in [0.15, 0.2) is 41.6 Å². The number of rotatable bonds is 3. The van der Waals surface area contributed by atoms with Crippen LogP contribution in [0, 0.1) is 6.92 Å². The van der Waals surface area contributed by atoms with Gasteiger partial charge in [-0.3, -0.25) is 9.71 Å². The van der Waals surface area contributed by atoms with Gasteiger partial charge in [-0.25, -0.2) is 13.4 Å². The zero-order valence-corrected chi connectivity index (χ0v) is 10.3. The van der Waals surface area contributed by atoms with Crippen LogP contribution < -0.4 is 4.72 Å². The van der Waals surface area contributed by atoms with E-state index in [-0.39, 0.29) is 16.5 Å². The Labute approximate surface area is 104 Å². The van der Waals surface area contributed by atoms with Crippen molar-refractivity contribution in [1.82, 2.24) is 9.97 Å². The van der Waals surface area contributed by atoms with E-state index in [0.29, 0.717) is 5.69 Å². The van der Waals surface area contributed by atoms with E-state index in [1.165, 1.54) is 30.6 Å². The average molecular weight is 265 g/mol. The molecule has 0 aliphatic carbocycles. The number of pyridine rings is 2. The number of aromatic hydroxyl groups is 1. The standard InChI is InChI=1S/C11H11N3O3S/c1-8-4-5-10(15)11(13-8)14-18(16,17)9-3-2-6-12-7-9/h2-7,15H,1H3,(H,13,14). The van der Waals surface area contributed by atoms with Gasteiger partial charge in [-0.1, -0.05) is 0 Å². The third kappa shape index (κ3) is 2.57. The van der Waals surface area contributed by atoms with E-state index in [4.69, 9.17) is 0 Å². The van der Waals surface area contributed by atoms with Gasteiger partial charge in [0.1, 0.15) is 4.90 Å². The first kappa shape index (κ1) is 12.3. The van der Waals surface area contributed by atoms with Crippen LogP contribution in [0.4, 0.5) is 5.82 Å². The molecule has 0 spiro atoms. The Kier molecular flexibility index (Phi) is 3.15. The minimum Gasteiger partial charge on any atom is -0.504 e. The van der Waals surface area contributed by atoms with Gasteiger partial charge in [0.15, 0.2) is 11.6 Å². The number of hydrogen-bond donors (Lipinski definition) is 2. The Morgan fingerprint density at radius 2 is 2.06 bits per heavy atom. The Morgan fingerprint density at radius 1 is 1.28 bits per heavy atom. The molecule has 0 aromatic carbocycles. The first-order valence-electron chi connectivity index (χ1n) is 5.08. The van der Waals surface area contributed by atoms with Gasteiger partial charge in [0, 0.05) is 18.1 Å². The molecule has 0 aliphatic rings. The summed E-state index contributed by atoms with van der Waals surface area (Å²) in [5.41, 5.74) is 0.594. The number of sulfonamides is 1. The lowest BCUT2D eigenvalue weighted by atomic mass is 10.3. The van der Waals surface area contributed by atoms with Crippen molar-refractivity contribution in [1.29, 1.82) is 0 Å². The summed E-state index contributed by atoms with van der Waals surface area (Å²) in [5.74, 6) is -0.327. The maximum absolute atomic E-state index is 12.0. The van der Waals surface area contributed by atoms with Crippen LogP contribution in [0.25, 0.3) is 0 Å². The van der Waals surface area contributed by atoms with E-state index in [1.54, 1.807) is 13.0 Å². The molecule has 2 aromatic rings. The topological polar surface area (TPSA) is 92.2 Å². The minimum absolute atomic E-state index is 0.00714. The van der Waals surface area contributed by atoms with Crippen LogP contribution >= 0.6 is 0 Å². The summed E-state index contributed by atoms with van der Waals surface area (Å²) in [5, 5.41) is 9.54. The predicted octanol–water partition coefficient (Wildman–Crippen LogP) is 1.29. The lowest BCUT2D eigenvalue weighted by Crippen LogP contribution is -2.14. The van der Waals surface area contributed by atoms with Crippen LogP contribution in [-0.4, -0.2) is 23.5 Å². The molecule has 2 rings (SSSR count). The normalized spacial score (nSPS) is 11.2. The third-order valence-electron chi connectivity index (χ3n) is 2.19. The number of aromatic nitrogens is 2. The predicted molar refractivity (Wildman–Crippen MR) is 65.7 cm³/mol. The molecular weight excluding hydrogens is 254 g/mol. The Balaban J connectivity index is 2.37. The van der Waals surface area contributed by atoms with E-state index in [9.17, 15) is 13.5 Å². The maximum Gasteiger partial charge on any atom is 0.264 e. The van der Waals surface area contributed by atoms with Gasteiger partial charge in [0.05, 0.1) is 0 Å². The number of anilines is 1. The second kappa shape index (κ2) is 4.61. The highest BCUT2D eigenvalue weighted by Crippen LogP contribution is 2.23. The molecule has 0 aliphatic heterocycles. The number of aryl methyl sites for hydroxylation is 1. The average Bonchev–Trinajstić information content (AvgIpc) is 2.35. The molecule has 0 fully saturated rings. The molecule has 2 aromatic heterocycles. The highest BCUT2D eigenvalue weighted by atomic mass is 32.2. The zero-order chi connectivity index (χ0) is 13.2. The summed E-state index contributed by atoms with van der Waals surface area (Å²) in [7, 11) is -3.79. The molecule has 2 N–H and O–H groups in total. The second-order valence-electron chi connectivity index (χ2n) is 3.61. The maximum atomic E-state index is 12.0. The third-order valence-corrected chi connectivity index (χ3v) is 3.51. The smallest absolute Gasteiger partial charge is 0.264 e. The first-order chi connectivity index (χ1) is 8.49. The fourth-order valence-corrected chi connectivity index (χ4v) is 2.30. The summed E-state index contributed by atoms with van der Waals surface area (Å²) in [6.07, 6.45) is 2.69. The molecule has 0 amide bonds. The van der Waals surface area contributed by atoms with Crippen molar-refractivity contribution in [3.05, 3.63) is 42.4 Å².